The van der Waals surface area contributed by atoms with E-state index >= 15 is 0 Å². The largest absolute Gasteiger partial charge is 0.459 e. The first-order valence-electron chi connectivity index (χ1n) is 4.54. The van der Waals surface area contributed by atoms with Crippen LogP contribution in [0.2, 0.25) is 0 Å². The third-order valence-corrected chi connectivity index (χ3v) is 2.10. The number of hydrazine groups is 1. The van der Waals surface area contributed by atoms with E-state index in [1.165, 1.54) is 0 Å². The molecule has 5 heteroatoms. The molecule has 0 saturated carbocycles. The van der Waals surface area contributed by atoms with E-state index in [0.29, 0.717) is 0 Å². The normalized spacial score (nSPS) is 27.2. The second-order valence-electron chi connectivity index (χ2n) is 4.50. The number of β-lactam (4-membered cyclic amide) rings is 1. The van der Waals surface area contributed by atoms with Crippen molar-refractivity contribution in [1.29, 1.82) is 0 Å². The summed E-state index contributed by atoms with van der Waals surface area (Å²) in [4.78, 5) is 22.7. The van der Waals surface area contributed by atoms with Gasteiger partial charge in [0.2, 0.25) is 0 Å². The Morgan fingerprint density at radius 3 is 2.36 bits per heavy atom. The molecule has 2 atom stereocenters. The van der Waals surface area contributed by atoms with E-state index in [-0.39, 0.29) is 11.9 Å². The van der Waals surface area contributed by atoms with Crippen LogP contribution in [0.3, 0.4) is 0 Å². The van der Waals surface area contributed by atoms with Crippen LogP contribution in [0.1, 0.15) is 27.7 Å². The number of esters is 1. The summed E-state index contributed by atoms with van der Waals surface area (Å²) < 4.78 is 5.09. The minimum Gasteiger partial charge on any atom is -0.459 e. The van der Waals surface area contributed by atoms with E-state index < -0.39 is 17.5 Å². The molecule has 2 N–H and O–H groups in total. The van der Waals surface area contributed by atoms with Crippen LogP contribution in [0.25, 0.3) is 0 Å². The molecule has 0 spiro atoms. The predicted octanol–water partition coefficient (Wildman–Crippen LogP) is 0.0487. The lowest BCUT2D eigenvalue weighted by Crippen LogP contribution is -2.65. The van der Waals surface area contributed by atoms with E-state index in [0.717, 1.165) is 5.01 Å². The van der Waals surface area contributed by atoms with Crippen molar-refractivity contribution in [2.24, 2.45) is 11.8 Å². The molecule has 1 aliphatic heterocycles. The van der Waals surface area contributed by atoms with Gasteiger partial charge in [-0.15, -0.1) is 0 Å². The van der Waals surface area contributed by atoms with Crippen LogP contribution >= 0.6 is 0 Å². The molecule has 0 radical (unpaired) electrons. The number of hydrogen-bond acceptors (Lipinski definition) is 4. The minimum absolute atomic E-state index is 0.266. The molecule has 0 aromatic carbocycles. The smallest absolute Gasteiger partial charge is 0.321 e. The monoisotopic (exact) mass is 200 g/mol. The quantitative estimate of drug-likeness (QED) is 0.213. The van der Waals surface area contributed by atoms with Gasteiger partial charge in [-0.05, 0) is 27.7 Å². The molecule has 0 unspecified atom stereocenters. The summed E-state index contributed by atoms with van der Waals surface area (Å²) in [6.07, 6.45) is 0. The maximum atomic E-state index is 11.5. The van der Waals surface area contributed by atoms with Crippen molar-refractivity contribution >= 4 is 11.9 Å². The van der Waals surface area contributed by atoms with Crippen LogP contribution in [0, 0.1) is 5.92 Å². The fourth-order valence-corrected chi connectivity index (χ4v) is 1.31. The van der Waals surface area contributed by atoms with Crippen molar-refractivity contribution < 1.29 is 14.3 Å². The maximum absolute atomic E-state index is 11.5. The highest BCUT2D eigenvalue weighted by Crippen LogP contribution is 2.25. The van der Waals surface area contributed by atoms with Crippen molar-refractivity contribution in [2.45, 2.75) is 39.3 Å². The number of hydrogen-bond donors (Lipinski definition) is 1. The highest BCUT2D eigenvalue weighted by atomic mass is 16.6. The van der Waals surface area contributed by atoms with Gasteiger partial charge < -0.3 is 4.74 Å². The van der Waals surface area contributed by atoms with Crippen molar-refractivity contribution in [3.8, 4) is 0 Å². The predicted molar refractivity (Wildman–Crippen MR) is 49.8 cm³/mol. The van der Waals surface area contributed by atoms with Crippen molar-refractivity contribution in [1.82, 2.24) is 5.01 Å². The van der Waals surface area contributed by atoms with Crippen LogP contribution in [0.5, 0.6) is 0 Å². The third kappa shape index (κ3) is 1.87. The van der Waals surface area contributed by atoms with E-state index in [4.69, 9.17) is 10.6 Å². The molecule has 1 aliphatic rings. The maximum Gasteiger partial charge on any atom is 0.321 e. The first kappa shape index (κ1) is 11.0. The Morgan fingerprint density at radius 2 is 2.00 bits per heavy atom. The van der Waals surface area contributed by atoms with Crippen molar-refractivity contribution in [2.75, 3.05) is 0 Å². The summed E-state index contributed by atoms with van der Waals surface area (Å²) in [5.74, 6) is 3.75. The van der Waals surface area contributed by atoms with Gasteiger partial charge in [0.25, 0.3) is 5.91 Å². The Balaban J connectivity index is 2.60. The number of rotatable bonds is 1. The topological polar surface area (TPSA) is 72.6 Å². The Kier molecular flexibility index (Phi) is 2.54. The first-order valence-corrected chi connectivity index (χ1v) is 4.54. The SMILES string of the molecule is C[C@@H]1[C@H](C(=O)OC(C)(C)C)C(=O)N1N. The Morgan fingerprint density at radius 1 is 1.50 bits per heavy atom. The van der Waals surface area contributed by atoms with Crippen molar-refractivity contribution in [3.05, 3.63) is 0 Å². The number of ether oxygens (including phenoxy) is 1. The van der Waals surface area contributed by atoms with Crippen molar-refractivity contribution in [3.63, 3.8) is 0 Å². The lowest BCUT2D eigenvalue weighted by atomic mass is 9.91. The first-order chi connectivity index (χ1) is 6.24. The highest BCUT2D eigenvalue weighted by molar-refractivity contribution is 6.03. The minimum atomic E-state index is -0.723. The molecule has 0 aliphatic carbocycles. The second-order valence-corrected chi connectivity index (χ2v) is 4.50. The number of carbonyl (C=O) groups is 2. The summed E-state index contributed by atoms with van der Waals surface area (Å²) in [6, 6.07) is -0.266. The molecular weight excluding hydrogens is 184 g/mol. The number of nitrogens with zero attached hydrogens (tertiary/aromatic N) is 1. The van der Waals surface area contributed by atoms with Gasteiger partial charge in [0.15, 0.2) is 5.92 Å². The lowest BCUT2D eigenvalue weighted by Gasteiger charge is -2.41. The fourth-order valence-electron chi connectivity index (χ4n) is 1.31. The molecule has 0 aromatic heterocycles. The average Bonchev–Trinajstić information content (AvgIpc) is 2.00. The zero-order valence-electron chi connectivity index (χ0n) is 8.90. The zero-order chi connectivity index (χ0) is 11.1. The van der Waals surface area contributed by atoms with Gasteiger partial charge in [0.1, 0.15) is 5.60 Å². The molecule has 5 nitrogen and oxygen atoms in total. The summed E-state index contributed by atoms with van der Waals surface area (Å²) in [5.41, 5.74) is -0.563. The fraction of sp³-hybridized carbons (Fsp3) is 0.778. The zero-order valence-corrected chi connectivity index (χ0v) is 8.90. The number of nitrogens with two attached hydrogens (primary N) is 1. The molecular formula is C9H16N2O3. The molecule has 14 heavy (non-hydrogen) atoms. The Bertz CT molecular complexity index is 270. The number of amides is 1. The van der Waals surface area contributed by atoms with Crippen LogP contribution in [-0.2, 0) is 14.3 Å². The van der Waals surface area contributed by atoms with Gasteiger partial charge in [0.05, 0.1) is 6.04 Å². The van der Waals surface area contributed by atoms with Gasteiger partial charge in [-0.25, -0.2) is 5.84 Å². The van der Waals surface area contributed by atoms with Gasteiger partial charge in [0, 0.05) is 0 Å². The molecule has 1 heterocycles. The summed E-state index contributed by atoms with van der Waals surface area (Å²) in [7, 11) is 0. The Hall–Kier alpha value is -1.10. The third-order valence-electron chi connectivity index (χ3n) is 2.10. The van der Waals surface area contributed by atoms with Crippen LogP contribution in [-0.4, -0.2) is 28.5 Å². The molecule has 0 bridgehead atoms. The van der Waals surface area contributed by atoms with Crippen LogP contribution in [0.15, 0.2) is 0 Å². The highest BCUT2D eigenvalue weighted by Gasteiger charge is 2.49. The van der Waals surface area contributed by atoms with Crippen LogP contribution < -0.4 is 5.84 Å². The summed E-state index contributed by atoms with van der Waals surface area (Å²) in [5, 5.41) is 1.05. The Labute approximate surface area is 83.2 Å². The van der Waals surface area contributed by atoms with E-state index in [9.17, 15) is 9.59 Å². The van der Waals surface area contributed by atoms with Gasteiger partial charge in [-0.3, -0.25) is 14.6 Å². The molecule has 80 valence electrons. The van der Waals surface area contributed by atoms with E-state index in [2.05, 4.69) is 0 Å². The van der Waals surface area contributed by atoms with Gasteiger partial charge >= 0.3 is 5.97 Å². The van der Waals surface area contributed by atoms with Gasteiger partial charge in [-0.1, -0.05) is 0 Å². The number of carbonyl (C=O) groups excluding carboxylic acids is 2. The molecule has 1 rings (SSSR count). The van der Waals surface area contributed by atoms with Gasteiger partial charge in [-0.2, -0.15) is 0 Å². The molecule has 1 amide bonds. The lowest BCUT2D eigenvalue weighted by molar-refractivity contribution is -0.179. The summed E-state index contributed by atoms with van der Waals surface area (Å²) in [6.45, 7) is 7.01. The van der Waals surface area contributed by atoms with Crippen LogP contribution in [0.4, 0.5) is 0 Å². The summed E-state index contributed by atoms with van der Waals surface area (Å²) >= 11 is 0. The molecule has 0 aromatic rings. The average molecular weight is 200 g/mol. The standard InChI is InChI=1S/C9H16N2O3/c1-5-6(7(12)11(5)10)8(13)14-9(2,3)4/h5-6H,10H2,1-4H3/t5-,6+/m1/s1. The van der Waals surface area contributed by atoms with E-state index in [1.807, 2.05) is 0 Å². The van der Waals surface area contributed by atoms with E-state index in [1.54, 1.807) is 27.7 Å². The molecule has 1 fully saturated rings. The molecule has 1 saturated heterocycles. The second kappa shape index (κ2) is 3.24.